The average Bonchev–Trinajstić information content (AvgIpc) is 3.15. The van der Waals surface area contributed by atoms with Gasteiger partial charge in [0, 0.05) is 33.2 Å². The van der Waals surface area contributed by atoms with E-state index in [1.165, 1.54) is 7.11 Å². The van der Waals surface area contributed by atoms with E-state index in [0.29, 0.717) is 38.5 Å². The summed E-state index contributed by atoms with van der Waals surface area (Å²) in [4.78, 5) is 22.6. The summed E-state index contributed by atoms with van der Waals surface area (Å²) >= 11 is 0. The van der Waals surface area contributed by atoms with Crippen LogP contribution in [0.4, 0.5) is 0 Å². The molecule has 15 atom stereocenters. The third-order valence-electron chi connectivity index (χ3n) is 9.30. The predicted molar refractivity (Wildman–Crippen MR) is 180 cm³/mol. The first-order valence-electron chi connectivity index (χ1n) is 18.1. The van der Waals surface area contributed by atoms with Crippen molar-refractivity contribution >= 4 is 11.9 Å². The second-order valence-electron chi connectivity index (χ2n) is 13.3. The summed E-state index contributed by atoms with van der Waals surface area (Å²) in [7, 11) is 1.26. The number of nitrogens with one attached hydrogen (secondary N) is 1. The highest BCUT2D eigenvalue weighted by Gasteiger charge is 2.50. The predicted octanol–water partition coefficient (Wildman–Crippen LogP) is -3.92. The third-order valence-corrected chi connectivity index (χ3v) is 9.30. The lowest BCUT2D eigenvalue weighted by atomic mass is 9.97. The Balaban J connectivity index is 1.66. The molecular formula is C34H57NO19. The van der Waals surface area contributed by atoms with Gasteiger partial charge < -0.3 is 89.2 Å². The molecule has 10 N–H and O–H groups in total. The number of unbranched alkanes of at least 4 members (excludes halogenated alkanes) is 4. The van der Waals surface area contributed by atoms with Crippen molar-refractivity contribution in [3.05, 3.63) is 0 Å². The number of hydrogen-bond acceptors (Lipinski definition) is 18. The molecule has 1 unspecified atom stereocenters. The average molecular weight is 784 g/mol. The summed E-state index contributed by atoms with van der Waals surface area (Å²) in [6, 6.07) is 0. The van der Waals surface area contributed by atoms with E-state index in [2.05, 4.69) is 11.2 Å². The molecule has 0 aliphatic carbocycles. The zero-order chi connectivity index (χ0) is 39.8. The minimum absolute atomic E-state index is 0.0333. The van der Waals surface area contributed by atoms with Gasteiger partial charge in [0.15, 0.2) is 18.9 Å². The number of ether oxygens (including phenoxy) is 8. The van der Waals surface area contributed by atoms with E-state index in [9.17, 15) is 50.4 Å². The Morgan fingerprint density at radius 1 is 0.630 bits per heavy atom. The molecule has 20 nitrogen and oxygen atoms in total. The summed E-state index contributed by atoms with van der Waals surface area (Å²) in [5.41, 5.74) is 0. The fourth-order valence-electron chi connectivity index (χ4n) is 6.20. The Bertz CT molecular complexity index is 1140. The summed E-state index contributed by atoms with van der Waals surface area (Å²) in [6.07, 6.45) is -13.4. The fourth-order valence-corrected chi connectivity index (χ4v) is 6.20. The van der Waals surface area contributed by atoms with Crippen LogP contribution in [0, 0.1) is 12.3 Å². The van der Waals surface area contributed by atoms with Gasteiger partial charge in [0.1, 0.15) is 73.2 Å². The molecular weight excluding hydrogens is 726 g/mol. The maximum absolute atomic E-state index is 11.8. The largest absolute Gasteiger partial charge is 0.481 e. The number of amides is 1. The molecule has 3 fully saturated rings. The molecule has 0 saturated carbocycles. The zero-order valence-electron chi connectivity index (χ0n) is 30.2. The van der Waals surface area contributed by atoms with E-state index < -0.39 is 118 Å². The van der Waals surface area contributed by atoms with Crippen LogP contribution in [0.3, 0.4) is 0 Å². The first-order valence-corrected chi connectivity index (χ1v) is 18.1. The Morgan fingerprint density at radius 3 is 1.61 bits per heavy atom. The quantitative estimate of drug-likeness (QED) is 0.0350. The topological polar surface area (TPSA) is 302 Å². The summed E-state index contributed by atoms with van der Waals surface area (Å²) in [6.45, 7) is -1.30. The standard InChI is InChI=1S/C34H57NO19/c1-3-12-35-21(37)10-6-4-8-13-48-30-19(53-32(47-2)28(45)25(30)42)16-51-34-29(46)26(43)31(49-14-9-5-7-11-22(38)39)20(54-34)17-50-33-27(44)24(41)23(40)18(15-36)52-33/h1,18-20,23-34,36,40-46H,4-17H2,2H3,(H,35,37)(H,38,39)/t18-,19-,20-,23-,24+,25-,26-,27-,28-,29-,30-,31-,32+,33?,34+/m1/s1. The number of carboxylic acids is 1. The number of aliphatic hydroxyl groups excluding tert-OH is 8. The number of aliphatic carboxylic acids is 1. The van der Waals surface area contributed by atoms with Crippen LogP contribution in [-0.4, -0.2) is 197 Å². The van der Waals surface area contributed by atoms with Gasteiger partial charge in [0.25, 0.3) is 0 Å². The van der Waals surface area contributed by atoms with Crippen molar-refractivity contribution in [2.24, 2.45) is 0 Å². The molecule has 3 heterocycles. The summed E-state index contributed by atoms with van der Waals surface area (Å²) < 4.78 is 45.6. The smallest absolute Gasteiger partial charge is 0.303 e. The monoisotopic (exact) mass is 783 g/mol. The summed E-state index contributed by atoms with van der Waals surface area (Å²) in [5, 5.41) is 95.4. The van der Waals surface area contributed by atoms with Crippen molar-refractivity contribution < 1.29 is 93.4 Å². The number of carbonyl (C=O) groups is 2. The van der Waals surface area contributed by atoms with Crippen LogP contribution in [0.1, 0.15) is 51.4 Å². The van der Waals surface area contributed by atoms with E-state index in [-0.39, 0.29) is 38.5 Å². The molecule has 20 heteroatoms. The maximum atomic E-state index is 11.8. The molecule has 3 rings (SSSR count). The highest BCUT2D eigenvalue weighted by atomic mass is 16.7. The van der Waals surface area contributed by atoms with Gasteiger partial charge in [-0.3, -0.25) is 9.59 Å². The molecule has 0 aromatic rings. The minimum Gasteiger partial charge on any atom is -0.481 e. The van der Waals surface area contributed by atoms with Crippen molar-refractivity contribution in [1.29, 1.82) is 0 Å². The lowest BCUT2D eigenvalue weighted by molar-refractivity contribution is -0.345. The van der Waals surface area contributed by atoms with Crippen LogP contribution in [0.2, 0.25) is 0 Å². The second-order valence-corrected chi connectivity index (χ2v) is 13.3. The maximum Gasteiger partial charge on any atom is 0.303 e. The van der Waals surface area contributed by atoms with E-state index in [4.69, 9.17) is 49.4 Å². The first kappa shape index (κ1) is 46.2. The number of terminal acetylenes is 1. The molecule has 1 amide bonds. The van der Waals surface area contributed by atoms with Gasteiger partial charge in [0.05, 0.1) is 26.4 Å². The van der Waals surface area contributed by atoms with Crippen LogP contribution >= 0.6 is 0 Å². The Kier molecular flexibility index (Phi) is 20.4. The molecule has 54 heavy (non-hydrogen) atoms. The summed E-state index contributed by atoms with van der Waals surface area (Å²) in [5.74, 6) is 1.20. The Labute approximate surface area is 313 Å². The number of carboxylic acid groups (broad SMARTS) is 1. The van der Waals surface area contributed by atoms with Crippen LogP contribution in [0.25, 0.3) is 0 Å². The van der Waals surface area contributed by atoms with E-state index in [1.807, 2.05) is 0 Å². The molecule has 0 spiro atoms. The van der Waals surface area contributed by atoms with Gasteiger partial charge in [-0.15, -0.1) is 6.42 Å². The number of aliphatic hydroxyl groups is 8. The van der Waals surface area contributed by atoms with E-state index in [1.54, 1.807) is 0 Å². The SMILES string of the molecule is C#CCNC(=O)CCCCCO[C@H]1[C@H](O)[C@@H](O)[C@@H](OC)O[C@@H]1CO[C@H]1O[C@H](COC2O[C@H](CO)[C@@H](O)[C@H](O)[C@H]2O)[C@@H](OCCCCCC(=O)O)[C@H](O)[C@H]1O. The van der Waals surface area contributed by atoms with E-state index in [0.717, 1.165) is 0 Å². The third kappa shape index (κ3) is 13.5. The van der Waals surface area contributed by atoms with Crippen LogP contribution in [0.15, 0.2) is 0 Å². The molecule has 0 aromatic carbocycles. The minimum atomic E-state index is -1.74. The molecule has 0 aromatic heterocycles. The molecule has 0 radical (unpaired) electrons. The Morgan fingerprint density at radius 2 is 1.11 bits per heavy atom. The van der Waals surface area contributed by atoms with Crippen molar-refractivity contribution in [2.45, 2.75) is 143 Å². The number of carbonyl (C=O) groups excluding carboxylic acids is 1. The highest BCUT2D eigenvalue weighted by Crippen LogP contribution is 2.30. The lowest BCUT2D eigenvalue weighted by Gasteiger charge is -2.45. The molecule has 3 aliphatic heterocycles. The number of hydrogen-bond donors (Lipinski definition) is 10. The van der Waals surface area contributed by atoms with Crippen molar-refractivity contribution in [3.63, 3.8) is 0 Å². The van der Waals surface area contributed by atoms with E-state index >= 15 is 0 Å². The van der Waals surface area contributed by atoms with Gasteiger partial charge in [-0.05, 0) is 25.7 Å². The van der Waals surface area contributed by atoms with Gasteiger partial charge in [-0.25, -0.2) is 0 Å². The van der Waals surface area contributed by atoms with Crippen molar-refractivity contribution in [2.75, 3.05) is 46.7 Å². The lowest BCUT2D eigenvalue weighted by Crippen LogP contribution is -2.63. The van der Waals surface area contributed by atoms with Crippen LogP contribution in [0.5, 0.6) is 0 Å². The van der Waals surface area contributed by atoms with Gasteiger partial charge in [0.2, 0.25) is 5.91 Å². The number of rotatable bonds is 23. The van der Waals surface area contributed by atoms with Gasteiger partial charge >= 0.3 is 5.97 Å². The second kappa shape index (κ2) is 23.8. The van der Waals surface area contributed by atoms with Crippen molar-refractivity contribution in [1.82, 2.24) is 5.32 Å². The first-order chi connectivity index (χ1) is 25.8. The molecule has 312 valence electrons. The van der Waals surface area contributed by atoms with Crippen LogP contribution < -0.4 is 5.32 Å². The number of methoxy groups -OCH3 is 1. The molecule has 3 aliphatic rings. The normalized spacial score (nSPS) is 37.1. The molecule has 0 bridgehead atoms. The zero-order valence-corrected chi connectivity index (χ0v) is 30.2. The van der Waals surface area contributed by atoms with Gasteiger partial charge in [-0.1, -0.05) is 18.8 Å². The Hall–Kier alpha value is -2.14. The molecule has 3 saturated heterocycles. The van der Waals surface area contributed by atoms with Crippen LogP contribution in [-0.2, 0) is 47.5 Å². The highest BCUT2D eigenvalue weighted by molar-refractivity contribution is 5.76. The van der Waals surface area contributed by atoms with Crippen molar-refractivity contribution in [3.8, 4) is 12.3 Å². The fraction of sp³-hybridized carbons (Fsp3) is 0.882. The van der Waals surface area contributed by atoms with Gasteiger partial charge in [-0.2, -0.15) is 0 Å².